The summed E-state index contributed by atoms with van der Waals surface area (Å²) in [5.41, 5.74) is 2.04. The summed E-state index contributed by atoms with van der Waals surface area (Å²) in [5, 5.41) is 12.3. The van der Waals surface area contributed by atoms with Crippen molar-refractivity contribution in [3.8, 4) is 0 Å². The zero-order valence-electron chi connectivity index (χ0n) is 27.8. The van der Waals surface area contributed by atoms with Crippen LogP contribution in [0, 0.1) is 6.92 Å². The van der Waals surface area contributed by atoms with Crippen molar-refractivity contribution in [2.24, 2.45) is 0 Å². The summed E-state index contributed by atoms with van der Waals surface area (Å²) < 4.78 is 40.1. The minimum absolute atomic E-state index is 0.0985. The molecule has 2 heterocycles. The van der Waals surface area contributed by atoms with E-state index in [4.69, 9.17) is 9.47 Å². The average molecular weight is 670 g/mol. The number of aliphatic hydroxyl groups is 1. The summed E-state index contributed by atoms with van der Waals surface area (Å²) in [6.45, 7) is 5.29. The largest absolute Gasteiger partial charge is 0.441 e. The third kappa shape index (κ3) is 10.4. The Balaban J connectivity index is 1.28. The first-order chi connectivity index (χ1) is 22.7. The molecule has 0 aliphatic carbocycles. The second kappa shape index (κ2) is 18.3. The number of carbonyl (C=O) groups is 2. The van der Waals surface area contributed by atoms with E-state index < -0.39 is 22.2 Å². The lowest BCUT2D eigenvalue weighted by molar-refractivity contribution is -0.122. The fourth-order valence-electron chi connectivity index (χ4n) is 6.19. The Bertz CT molecular complexity index is 1400. The lowest BCUT2D eigenvalue weighted by atomic mass is 9.93. The number of benzene rings is 2. The number of fused-ring (bicyclic) bond motifs is 1. The van der Waals surface area contributed by atoms with Gasteiger partial charge in [-0.05, 0) is 56.7 Å². The predicted octanol–water partition coefficient (Wildman–Crippen LogP) is 5.34. The monoisotopic (exact) mass is 669 g/mol. The molecule has 2 N–H and O–H groups in total. The van der Waals surface area contributed by atoms with E-state index >= 15 is 0 Å². The molecule has 10 nitrogen and oxygen atoms in total. The van der Waals surface area contributed by atoms with Gasteiger partial charge in [0.05, 0.1) is 23.6 Å². The van der Waals surface area contributed by atoms with Gasteiger partial charge in [-0.2, -0.15) is 4.31 Å². The van der Waals surface area contributed by atoms with E-state index in [1.54, 1.807) is 29.2 Å². The van der Waals surface area contributed by atoms with E-state index in [2.05, 4.69) is 12.2 Å². The third-order valence-electron chi connectivity index (χ3n) is 8.81. The standard InChI is InChI=1S/C36H51N3O7S/c1-3-4-6-17-33(45-27-29-13-7-5-8-14-29)35-32-16-11-15-30(39(32)36(42)46-35)26-34(41)37-22-9-10-23-38(24-12-25-40)47(43,44)31-20-18-28(2)19-21-31/h5,7-8,11,13-14,16,18-21,30,32-33,35,40H,3-4,6,9-10,12,15,17,22-27H2,1-2H3,(H,37,41)/t30-,32-,33+,35-/m1/s1. The Hall–Kier alpha value is -3.25. The van der Waals surface area contributed by atoms with Crippen LogP contribution in [0.1, 0.15) is 75.8 Å². The molecule has 258 valence electrons. The number of hydrogen-bond acceptors (Lipinski definition) is 7. The van der Waals surface area contributed by atoms with E-state index in [0.717, 1.165) is 36.8 Å². The summed E-state index contributed by atoms with van der Waals surface area (Å²) >= 11 is 0. The molecule has 0 bridgehead atoms. The number of aliphatic hydroxyl groups excluding tert-OH is 1. The van der Waals surface area contributed by atoms with E-state index in [-0.39, 0.29) is 55.1 Å². The molecule has 0 aromatic heterocycles. The summed E-state index contributed by atoms with van der Waals surface area (Å²) in [6, 6.07) is 16.1. The van der Waals surface area contributed by atoms with Crippen LogP contribution in [0.4, 0.5) is 4.79 Å². The second-order valence-corrected chi connectivity index (χ2v) is 14.4. The Morgan fingerprint density at radius 1 is 1.06 bits per heavy atom. The zero-order chi connectivity index (χ0) is 33.6. The van der Waals surface area contributed by atoms with Gasteiger partial charge < -0.3 is 19.9 Å². The van der Waals surface area contributed by atoms with Crippen LogP contribution in [0.3, 0.4) is 0 Å². The third-order valence-corrected chi connectivity index (χ3v) is 10.7. The highest BCUT2D eigenvalue weighted by molar-refractivity contribution is 7.89. The zero-order valence-corrected chi connectivity index (χ0v) is 28.6. The van der Waals surface area contributed by atoms with Gasteiger partial charge in [-0.3, -0.25) is 9.69 Å². The molecule has 2 aliphatic heterocycles. The maximum Gasteiger partial charge on any atom is 0.411 e. The number of sulfonamides is 1. The van der Waals surface area contributed by atoms with Gasteiger partial charge in [0.1, 0.15) is 0 Å². The van der Waals surface area contributed by atoms with Gasteiger partial charge >= 0.3 is 6.09 Å². The second-order valence-electron chi connectivity index (χ2n) is 12.5. The number of aryl methyl sites for hydroxylation is 1. The smallest absolute Gasteiger partial charge is 0.411 e. The number of rotatable bonds is 20. The molecular weight excluding hydrogens is 618 g/mol. The van der Waals surface area contributed by atoms with Crippen molar-refractivity contribution < 1.29 is 32.6 Å². The lowest BCUT2D eigenvalue weighted by Gasteiger charge is -2.34. The van der Waals surface area contributed by atoms with Crippen LogP contribution in [-0.4, -0.2) is 85.3 Å². The minimum atomic E-state index is -3.69. The van der Waals surface area contributed by atoms with Gasteiger partial charge in [0.2, 0.25) is 15.9 Å². The molecule has 2 aromatic carbocycles. The van der Waals surface area contributed by atoms with Crippen molar-refractivity contribution in [3.05, 3.63) is 77.9 Å². The summed E-state index contributed by atoms with van der Waals surface area (Å²) in [5.74, 6) is -0.162. The van der Waals surface area contributed by atoms with Crippen molar-refractivity contribution in [1.29, 1.82) is 0 Å². The number of unbranched alkanes of at least 4 members (excludes halogenated alkanes) is 3. The Morgan fingerprint density at radius 3 is 2.53 bits per heavy atom. The van der Waals surface area contributed by atoms with Gasteiger partial charge in [0.15, 0.2) is 6.10 Å². The Labute approximate surface area is 280 Å². The molecule has 1 saturated heterocycles. The quantitative estimate of drug-likeness (QED) is 0.144. The topological polar surface area (TPSA) is 125 Å². The molecule has 11 heteroatoms. The molecule has 47 heavy (non-hydrogen) atoms. The number of ether oxygens (including phenoxy) is 2. The Morgan fingerprint density at radius 2 is 1.81 bits per heavy atom. The van der Waals surface area contributed by atoms with Crippen molar-refractivity contribution in [2.75, 3.05) is 26.2 Å². The molecule has 4 rings (SSSR count). The fourth-order valence-corrected chi connectivity index (χ4v) is 7.71. The van der Waals surface area contributed by atoms with E-state index in [1.165, 1.54) is 4.31 Å². The van der Waals surface area contributed by atoms with Crippen LogP contribution in [0.2, 0.25) is 0 Å². The normalized spacial score (nSPS) is 19.9. The first kappa shape index (κ1) is 36.6. The summed E-state index contributed by atoms with van der Waals surface area (Å²) in [7, 11) is -3.69. The van der Waals surface area contributed by atoms with Crippen molar-refractivity contribution >= 4 is 22.0 Å². The van der Waals surface area contributed by atoms with Crippen LogP contribution < -0.4 is 5.32 Å². The van der Waals surface area contributed by atoms with Crippen LogP contribution in [0.15, 0.2) is 71.6 Å². The average Bonchev–Trinajstić information content (AvgIpc) is 3.41. The number of hydrogen-bond donors (Lipinski definition) is 2. The van der Waals surface area contributed by atoms with Crippen LogP contribution >= 0.6 is 0 Å². The molecule has 4 atom stereocenters. The lowest BCUT2D eigenvalue weighted by Crippen LogP contribution is -2.49. The van der Waals surface area contributed by atoms with Gasteiger partial charge in [-0.15, -0.1) is 0 Å². The molecule has 2 amide bonds. The molecule has 1 fully saturated rings. The van der Waals surface area contributed by atoms with Crippen LogP contribution in [0.25, 0.3) is 0 Å². The fraction of sp³-hybridized carbons (Fsp3) is 0.556. The first-order valence-electron chi connectivity index (χ1n) is 17.0. The van der Waals surface area contributed by atoms with E-state index in [1.807, 2.05) is 49.4 Å². The molecular formula is C36H51N3O7S. The van der Waals surface area contributed by atoms with Crippen molar-refractivity contribution in [1.82, 2.24) is 14.5 Å². The van der Waals surface area contributed by atoms with Gasteiger partial charge in [0.25, 0.3) is 0 Å². The number of nitrogens with zero attached hydrogens (tertiary/aromatic N) is 2. The summed E-state index contributed by atoms with van der Waals surface area (Å²) in [4.78, 5) is 28.1. The molecule has 0 spiro atoms. The molecule has 2 aromatic rings. The van der Waals surface area contributed by atoms with Crippen molar-refractivity contribution in [2.45, 2.75) is 107 Å². The van der Waals surface area contributed by atoms with Crippen LogP contribution in [0.5, 0.6) is 0 Å². The molecule has 0 saturated carbocycles. The number of carbonyl (C=O) groups excluding carboxylic acids is 2. The van der Waals surface area contributed by atoms with Crippen LogP contribution in [-0.2, 0) is 30.9 Å². The van der Waals surface area contributed by atoms with E-state index in [9.17, 15) is 23.1 Å². The molecule has 0 radical (unpaired) electrons. The highest BCUT2D eigenvalue weighted by Gasteiger charge is 2.48. The Kier molecular flexibility index (Phi) is 14.3. The maximum atomic E-state index is 13.2. The van der Waals surface area contributed by atoms with Crippen molar-refractivity contribution in [3.63, 3.8) is 0 Å². The first-order valence-corrected chi connectivity index (χ1v) is 18.4. The van der Waals surface area contributed by atoms with Gasteiger partial charge in [-0.25, -0.2) is 13.2 Å². The predicted molar refractivity (Wildman–Crippen MR) is 181 cm³/mol. The molecule has 2 aliphatic rings. The summed E-state index contributed by atoms with van der Waals surface area (Å²) in [6.07, 6.45) is 9.03. The highest BCUT2D eigenvalue weighted by atomic mass is 32.2. The minimum Gasteiger partial charge on any atom is -0.441 e. The van der Waals surface area contributed by atoms with Gasteiger partial charge in [0, 0.05) is 38.7 Å². The SMILES string of the molecule is CCCCC[C@H](OCc1ccccc1)[C@@H]1OC(=O)N2[C@@H](CC(=O)NCCCCN(CCCO)S(=O)(=O)c3ccc(C)cc3)CC=C[C@H]12. The maximum absolute atomic E-state index is 13.2. The van der Waals surface area contributed by atoms with E-state index in [0.29, 0.717) is 38.8 Å². The number of cyclic esters (lactones) is 1. The number of nitrogens with one attached hydrogen (secondary N) is 1. The molecule has 0 unspecified atom stereocenters. The number of amides is 2. The van der Waals surface area contributed by atoms with Gasteiger partial charge in [-0.1, -0.05) is 86.4 Å². The highest BCUT2D eigenvalue weighted by Crippen LogP contribution is 2.34.